The van der Waals surface area contributed by atoms with E-state index in [4.69, 9.17) is 4.52 Å². The lowest BCUT2D eigenvalue weighted by molar-refractivity contribution is -0.113. The van der Waals surface area contributed by atoms with Gasteiger partial charge in [0.1, 0.15) is 11.3 Å². The number of carbonyl (C=O) groups is 2. The van der Waals surface area contributed by atoms with Crippen molar-refractivity contribution in [1.82, 2.24) is 10.1 Å². The average Bonchev–Trinajstić information content (AvgIpc) is 3.37. The quantitative estimate of drug-likeness (QED) is 0.760. The Morgan fingerprint density at radius 3 is 2.64 bits per heavy atom. The highest BCUT2D eigenvalue weighted by Gasteiger charge is 2.30. The predicted octanol–water partition coefficient (Wildman–Crippen LogP) is 4.59. The van der Waals surface area contributed by atoms with Gasteiger partial charge in [0.2, 0.25) is 0 Å². The van der Waals surface area contributed by atoms with Gasteiger partial charge in [-0.15, -0.1) is 11.3 Å². The molecule has 2 aromatic rings. The van der Waals surface area contributed by atoms with Crippen LogP contribution in [0.1, 0.15) is 69.1 Å². The van der Waals surface area contributed by atoms with Gasteiger partial charge >= 0.3 is 0 Å². The van der Waals surface area contributed by atoms with Crippen molar-refractivity contribution in [1.29, 1.82) is 0 Å². The average molecular weight is 400 g/mol. The third-order valence-corrected chi connectivity index (χ3v) is 6.59. The molecule has 148 valence electrons. The molecule has 0 unspecified atom stereocenters. The van der Waals surface area contributed by atoms with E-state index in [9.17, 15) is 9.59 Å². The van der Waals surface area contributed by atoms with Crippen LogP contribution in [-0.4, -0.2) is 22.3 Å². The summed E-state index contributed by atoms with van der Waals surface area (Å²) in [6.45, 7) is 6.13. The minimum atomic E-state index is -0.214. The Bertz CT molecular complexity index is 962. The van der Waals surface area contributed by atoms with E-state index < -0.39 is 0 Å². The number of fused-ring (bicyclic) bond motifs is 1. The third kappa shape index (κ3) is 3.43. The lowest BCUT2D eigenvalue weighted by atomic mass is 9.95. The van der Waals surface area contributed by atoms with Crippen molar-refractivity contribution >= 4 is 28.5 Å². The Labute approximate surface area is 168 Å². The number of nitrogens with zero attached hydrogens (tertiary/aromatic N) is 2. The molecule has 7 heteroatoms. The molecule has 28 heavy (non-hydrogen) atoms. The molecule has 0 atom stereocenters. The summed E-state index contributed by atoms with van der Waals surface area (Å²) in [5.74, 6) is 0.933. The highest BCUT2D eigenvalue weighted by molar-refractivity contribution is 7.17. The number of allylic oxidation sites excluding steroid dienone is 1. The normalized spacial score (nSPS) is 17.0. The van der Waals surface area contributed by atoms with E-state index in [1.165, 1.54) is 10.4 Å². The van der Waals surface area contributed by atoms with Crippen LogP contribution >= 0.6 is 11.3 Å². The van der Waals surface area contributed by atoms with Gasteiger partial charge in [-0.05, 0) is 50.5 Å². The highest BCUT2D eigenvalue weighted by atomic mass is 32.1. The van der Waals surface area contributed by atoms with Gasteiger partial charge in [-0.25, -0.2) is 0 Å². The minimum absolute atomic E-state index is 0.185. The standard InChI is InChI=1S/C21H25N3O3S/c1-21(2,3)20-23-18(27-24-20)16-14-8-4-5-10-15(14)28-19(16)22-17(26)13-9-6-7-12(13)11-25/h11H,4-10H2,1-3H3,(H,22,26). The van der Waals surface area contributed by atoms with E-state index in [1.54, 1.807) is 11.3 Å². The Hall–Kier alpha value is -2.28. The second-order valence-corrected chi connectivity index (χ2v) is 9.62. The number of amides is 1. The second-order valence-electron chi connectivity index (χ2n) is 8.52. The van der Waals surface area contributed by atoms with Crippen LogP contribution in [0.2, 0.25) is 0 Å². The van der Waals surface area contributed by atoms with E-state index in [1.807, 2.05) is 20.8 Å². The zero-order valence-electron chi connectivity index (χ0n) is 16.6. The van der Waals surface area contributed by atoms with Gasteiger partial charge in [0.15, 0.2) is 5.82 Å². The molecule has 2 heterocycles. The summed E-state index contributed by atoms with van der Waals surface area (Å²) >= 11 is 1.60. The van der Waals surface area contributed by atoms with Crippen molar-refractivity contribution < 1.29 is 14.1 Å². The molecule has 0 spiro atoms. The molecule has 2 aliphatic rings. The number of rotatable bonds is 4. The maximum absolute atomic E-state index is 12.9. The third-order valence-electron chi connectivity index (χ3n) is 5.39. The van der Waals surface area contributed by atoms with Crippen LogP contribution in [0.5, 0.6) is 0 Å². The van der Waals surface area contributed by atoms with Crippen LogP contribution < -0.4 is 5.32 Å². The molecular formula is C21H25N3O3S. The molecule has 2 aliphatic carbocycles. The molecule has 6 nitrogen and oxygen atoms in total. The number of anilines is 1. The van der Waals surface area contributed by atoms with Crippen molar-refractivity contribution in [3.8, 4) is 11.5 Å². The topological polar surface area (TPSA) is 85.1 Å². The van der Waals surface area contributed by atoms with Crippen LogP contribution in [0, 0.1) is 0 Å². The summed E-state index contributed by atoms with van der Waals surface area (Å²) in [5, 5.41) is 7.98. The van der Waals surface area contributed by atoms with E-state index in [-0.39, 0.29) is 11.3 Å². The van der Waals surface area contributed by atoms with E-state index in [0.29, 0.717) is 35.7 Å². The lowest BCUT2D eigenvalue weighted by Crippen LogP contribution is -2.15. The number of thiophene rings is 1. The molecule has 2 aromatic heterocycles. The molecule has 0 fully saturated rings. The van der Waals surface area contributed by atoms with E-state index >= 15 is 0 Å². The summed E-state index contributed by atoms with van der Waals surface area (Å²) in [7, 11) is 0. The maximum Gasteiger partial charge on any atom is 0.261 e. The number of aromatic nitrogens is 2. The number of carbonyl (C=O) groups excluding carboxylic acids is 2. The van der Waals surface area contributed by atoms with Gasteiger partial charge in [0.05, 0.1) is 5.56 Å². The molecular weight excluding hydrogens is 374 g/mol. The van der Waals surface area contributed by atoms with E-state index in [0.717, 1.165) is 49.0 Å². The molecule has 0 aliphatic heterocycles. The Kier molecular flexibility index (Phi) is 4.95. The van der Waals surface area contributed by atoms with Gasteiger partial charge in [0.25, 0.3) is 11.8 Å². The Balaban J connectivity index is 1.74. The van der Waals surface area contributed by atoms with Crippen LogP contribution in [0.4, 0.5) is 5.00 Å². The first-order valence-corrected chi connectivity index (χ1v) is 10.7. The molecule has 1 amide bonds. The monoisotopic (exact) mass is 399 g/mol. The smallest absolute Gasteiger partial charge is 0.261 e. The van der Waals surface area contributed by atoms with Gasteiger partial charge in [-0.1, -0.05) is 25.9 Å². The van der Waals surface area contributed by atoms with Gasteiger partial charge in [0, 0.05) is 21.4 Å². The first-order chi connectivity index (χ1) is 13.4. The van der Waals surface area contributed by atoms with Crippen molar-refractivity contribution in [3.63, 3.8) is 0 Å². The van der Waals surface area contributed by atoms with Crippen LogP contribution in [0.25, 0.3) is 11.5 Å². The number of aldehydes is 1. The van der Waals surface area contributed by atoms with E-state index in [2.05, 4.69) is 15.5 Å². The van der Waals surface area contributed by atoms with Crippen LogP contribution in [-0.2, 0) is 27.8 Å². The van der Waals surface area contributed by atoms with Gasteiger partial charge in [-0.2, -0.15) is 4.98 Å². The zero-order chi connectivity index (χ0) is 19.9. The zero-order valence-corrected chi connectivity index (χ0v) is 17.4. The number of aryl methyl sites for hydroxylation is 1. The summed E-state index contributed by atoms with van der Waals surface area (Å²) in [5.41, 5.74) is 3.09. The van der Waals surface area contributed by atoms with Crippen molar-refractivity contribution in [3.05, 3.63) is 27.4 Å². The summed E-state index contributed by atoms with van der Waals surface area (Å²) in [4.78, 5) is 30.0. The highest BCUT2D eigenvalue weighted by Crippen LogP contribution is 2.44. The van der Waals surface area contributed by atoms with Crippen molar-refractivity contribution in [2.45, 2.75) is 71.1 Å². The SMILES string of the molecule is CC(C)(C)c1noc(-c2c(NC(=O)C3=C(C=O)CCC3)sc3c2CCCC3)n1. The summed E-state index contributed by atoms with van der Waals surface area (Å²) in [6.07, 6.45) is 7.22. The second kappa shape index (κ2) is 7.28. The summed E-state index contributed by atoms with van der Waals surface area (Å²) < 4.78 is 5.62. The van der Waals surface area contributed by atoms with Crippen molar-refractivity contribution in [2.24, 2.45) is 0 Å². The molecule has 0 saturated heterocycles. The lowest BCUT2D eigenvalue weighted by Gasteiger charge is -2.12. The molecule has 0 saturated carbocycles. The van der Waals surface area contributed by atoms with Crippen molar-refractivity contribution in [2.75, 3.05) is 5.32 Å². The van der Waals surface area contributed by atoms with Crippen LogP contribution in [0.3, 0.4) is 0 Å². The fraction of sp³-hybridized carbons (Fsp3) is 0.524. The number of hydrogen-bond donors (Lipinski definition) is 1. The molecule has 0 aromatic carbocycles. The molecule has 1 N–H and O–H groups in total. The number of nitrogens with one attached hydrogen (secondary N) is 1. The fourth-order valence-electron chi connectivity index (χ4n) is 3.84. The van der Waals surface area contributed by atoms with Gasteiger partial charge < -0.3 is 9.84 Å². The first-order valence-electron chi connectivity index (χ1n) is 9.86. The minimum Gasteiger partial charge on any atom is -0.334 e. The predicted molar refractivity (Wildman–Crippen MR) is 109 cm³/mol. The molecule has 0 bridgehead atoms. The van der Waals surface area contributed by atoms with Gasteiger partial charge in [-0.3, -0.25) is 9.59 Å². The molecule has 4 rings (SSSR count). The first kappa shape index (κ1) is 19.1. The maximum atomic E-state index is 12.9. The number of hydrogen-bond acceptors (Lipinski definition) is 6. The molecule has 0 radical (unpaired) electrons. The Morgan fingerprint density at radius 2 is 1.93 bits per heavy atom. The Morgan fingerprint density at radius 1 is 1.14 bits per heavy atom. The summed E-state index contributed by atoms with van der Waals surface area (Å²) in [6, 6.07) is 0. The fourth-order valence-corrected chi connectivity index (χ4v) is 5.12. The van der Waals surface area contributed by atoms with Crippen LogP contribution in [0.15, 0.2) is 15.7 Å². The largest absolute Gasteiger partial charge is 0.334 e.